The van der Waals surface area contributed by atoms with Crippen molar-refractivity contribution in [3.63, 3.8) is 0 Å². The number of methoxy groups -OCH3 is 2. The summed E-state index contributed by atoms with van der Waals surface area (Å²) >= 11 is 0. The van der Waals surface area contributed by atoms with Gasteiger partial charge >= 0.3 is 0 Å². The number of hydrogen-bond acceptors (Lipinski definition) is 6. The van der Waals surface area contributed by atoms with Gasteiger partial charge < -0.3 is 14.0 Å². The Labute approximate surface area is 150 Å². The van der Waals surface area contributed by atoms with Crippen LogP contribution in [0.15, 0.2) is 53.1 Å². The zero-order valence-corrected chi connectivity index (χ0v) is 14.7. The summed E-state index contributed by atoms with van der Waals surface area (Å²) in [4.78, 5) is 9.13. The summed E-state index contributed by atoms with van der Waals surface area (Å²) in [5.41, 5.74) is 3.41. The molecule has 0 saturated carbocycles. The molecule has 0 aliphatic heterocycles. The van der Waals surface area contributed by atoms with E-state index in [1.807, 2.05) is 49.4 Å². The molecule has 0 atom stereocenters. The average Bonchev–Trinajstić information content (AvgIpc) is 3.17. The van der Waals surface area contributed by atoms with E-state index in [2.05, 4.69) is 15.1 Å². The number of para-hydroxylation sites is 1. The zero-order valence-electron chi connectivity index (χ0n) is 14.7. The summed E-state index contributed by atoms with van der Waals surface area (Å²) in [6.07, 6.45) is 0. The minimum atomic E-state index is 0.399. The Kier molecular flexibility index (Phi) is 4.01. The summed E-state index contributed by atoms with van der Waals surface area (Å²) in [5.74, 6) is 2.23. The average molecular weight is 347 g/mol. The first-order valence-corrected chi connectivity index (χ1v) is 8.12. The second-order valence-electron chi connectivity index (χ2n) is 5.85. The van der Waals surface area contributed by atoms with Gasteiger partial charge in [-0.05, 0) is 31.2 Å². The number of rotatable bonds is 4. The van der Waals surface area contributed by atoms with Crippen molar-refractivity contribution in [3.8, 4) is 34.3 Å². The maximum absolute atomic E-state index is 5.50. The van der Waals surface area contributed by atoms with E-state index in [-0.39, 0.29) is 0 Å². The van der Waals surface area contributed by atoms with Crippen LogP contribution in [0.2, 0.25) is 0 Å². The predicted molar refractivity (Wildman–Crippen MR) is 98.3 cm³/mol. The number of aromatic nitrogens is 3. The first kappa shape index (κ1) is 16.1. The predicted octanol–water partition coefficient (Wildman–Crippen LogP) is 4.28. The van der Waals surface area contributed by atoms with Gasteiger partial charge in [0.2, 0.25) is 5.82 Å². The molecule has 0 saturated heterocycles. The lowest BCUT2D eigenvalue weighted by molar-refractivity contribution is 0.393. The van der Waals surface area contributed by atoms with Crippen LogP contribution >= 0.6 is 0 Å². The SMILES string of the molecule is COc1cc(OC)cc(-c2nc(-c3cc(C)nc4ccccc34)no2)c1. The number of benzene rings is 2. The van der Waals surface area contributed by atoms with Crippen molar-refractivity contribution in [2.45, 2.75) is 6.92 Å². The van der Waals surface area contributed by atoms with Crippen LogP contribution in [0.3, 0.4) is 0 Å². The third-order valence-electron chi connectivity index (χ3n) is 4.11. The standard InChI is InChI=1S/C20H17N3O3/c1-12-8-17(16-6-4-5-7-18(16)21-12)19-22-20(26-23-19)13-9-14(24-2)11-15(10-13)25-3/h4-11H,1-3H3. The molecule has 4 rings (SSSR count). The smallest absolute Gasteiger partial charge is 0.258 e. The van der Waals surface area contributed by atoms with Gasteiger partial charge in [-0.2, -0.15) is 4.98 Å². The quantitative estimate of drug-likeness (QED) is 0.549. The fourth-order valence-electron chi connectivity index (χ4n) is 2.87. The minimum absolute atomic E-state index is 0.399. The van der Waals surface area contributed by atoms with Crippen LogP contribution in [0.25, 0.3) is 33.7 Å². The molecule has 2 heterocycles. The van der Waals surface area contributed by atoms with Crippen LogP contribution < -0.4 is 9.47 Å². The molecule has 0 fully saturated rings. The molecule has 0 amide bonds. The van der Waals surface area contributed by atoms with Crippen molar-refractivity contribution in [1.82, 2.24) is 15.1 Å². The van der Waals surface area contributed by atoms with Crippen LogP contribution in [0.4, 0.5) is 0 Å². The molecule has 0 unspecified atom stereocenters. The first-order valence-electron chi connectivity index (χ1n) is 8.12. The Bertz CT molecular complexity index is 1070. The van der Waals surface area contributed by atoms with Crippen LogP contribution in [-0.4, -0.2) is 29.3 Å². The van der Waals surface area contributed by atoms with E-state index < -0.39 is 0 Å². The van der Waals surface area contributed by atoms with E-state index in [1.54, 1.807) is 20.3 Å². The highest BCUT2D eigenvalue weighted by Gasteiger charge is 2.15. The molecule has 130 valence electrons. The lowest BCUT2D eigenvalue weighted by Crippen LogP contribution is -1.90. The molecule has 6 nitrogen and oxygen atoms in total. The van der Waals surface area contributed by atoms with Gasteiger partial charge in [0.25, 0.3) is 5.89 Å². The van der Waals surface area contributed by atoms with E-state index in [1.165, 1.54) is 0 Å². The third-order valence-corrected chi connectivity index (χ3v) is 4.11. The number of fused-ring (bicyclic) bond motifs is 1. The molecule has 0 N–H and O–H groups in total. The fraction of sp³-hybridized carbons (Fsp3) is 0.150. The Morgan fingerprint density at radius 3 is 2.35 bits per heavy atom. The first-order chi connectivity index (χ1) is 12.7. The van der Waals surface area contributed by atoms with Crippen molar-refractivity contribution < 1.29 is 14.0 Å². The highest BCUT2D eigenvalue weighted by Crippen LogP contribution is 2.32. The van der Waals surface area contributed by atoms with E-state index >= 15 is 0 Å². The van der Waals surface area contributed by atoms with Gasteiger partial charge in [0.1, 0.15) is 11.5 Å². The van der Waals surface area contributed by atoms with Crippen molar-refractivity contribution in [1.29, 1.82) is 0 Å². The number of aryl methyl sites for hydroxylation is 1. The molecular weight excluding hydrogens is 330 g/mol. The van der Waals surface area contributed by atoms with Gasteiger partial charge in [-0.15, -0.1) is 0 Å². The lowest BCUT2D eigenvalue weighted by atomic mass is 10.1. The maximum atomic E-state index is 5.50. The van der Waals surface area contributed by atoms with Gasteiger partial charge in [-0.1, -0.05) is 23.4 Å². The van der Waals surface area contributed by atoms with Gasteiger partial charge in [0, 0.05) is 28.3 Å². The molecule has 0 bridgehead atoms. The Morgan fingerprint density at radius 2 is 1.62 bits per heavy atom. The Morgan fingerprint density at radius 1 is 0.885 bits per heavy atom. The maximum Gasteiger partial charge on any atom is 0.258 e. The van der Waals surface area contributed by atoms with E-state index in [0.29, 0.717) is 23.2 Å². The molecular formula is C20H17N3O3. The van der Waals surface area contributed by atoms with E-state index in [9.17, 15) is 0 Å². The van der Waals surface area contributed by atoms with Crippen molar-refractivity contribution >= 4 is 10.9 Å². The molecule has 0 aliphatic rings. The summed E-state index contributed by atoms with van der Waals surface area (Å²) in [5, 5.41) is 5.15. The second kappa shape index (κ2) is 6.48. The van der Waals surface area contributed by atoms with E-state index in [4.69, 9.17) is 14.0 Å². The number of pyridine rings is 1. The normalized spacial score (nSPS) is 10.9. The summed E-state index contributed by atoms with van der Waals surface area (Å²) in [6.45, 7) is 1.95. The Hall–Kier alpha value is -3.41. The lowest BCUT2D eigenvalue weighted by Gasteiger charge is -2.05. The third kappa shape index (κ3) is 2.86. The van der Waals surface area contributed by atoms with Gasteiger partial charge in [0.15, 0.2) is 0 Å². The minimum Gasteiger partial charge on any atom is -0.497 e. The molecule has 6 heteroatoms. The van der Waals surface area contributed by atoms with Gasteiger partial charge in [0.05, 0.1) is 19.7 Å². The largest absolute Gasteiger partial charge is 0.497 e. The second-order valence-corrected chi connectivity index (χ2v) is 5.85. The molecule has 4 aromatic rings. The van der Waals surface area contributed by atoms with Crippen LogP contribution in [-0.2, 0) is 0 Å². The molecule has 0 aliphatic carbocycles. The monoisotopic (exact) mass is 347 g/mol. The van der Waals surface area contributed by atoms with Crippen LogP contribution in [0, 0.1) is 6.92 Å². The Balaban J connectivity index is 1.83. The van der Waals surface area contributed by atoms with E-state index in [0.717, 1.165) is 27.7 Å². The molecule has 0 spiro atoms. The molecule has 0 radical (unpaired) electrons. The number of ether oxygens (including phenoxy) is 2. The molecule has 2 aromatic heterocycles. The van der Waals surface area contributed by atoms with Gasteiger partial charge in [-0.3, -0.25) is 4.98 Å². The number of nitrogens with zero attached hydrogens (tertiary/aromatic N) is 3. The topological polar surface area (TPSA) is 70.3 Å². The summed E-state index contributed by atoms with van der Waals surface area (Å²) in [7, 11) is 3.20. The highest BCUT2D eigenvalue weighted by molar-refractivity contribution is 5.92. The van der Waals surface area contributed by atoms with Gasteiger partial charge in [-0.25, -0.2) is 0 Å². The highest BCUT2D eigenvalue weighted by atomic mass is 16.5. The summed E-state index contributed by atoms with van der Waals surface area (Å²) in [6, 6.07) is 15.3. The van der Waals surface area contributed by atoms with Crippen molar-refractivity contribution in [2.24, 2.45) is 0 Å². The number of hydrogen-bond donors (Lipinski definition) is 0. The van der Waals surface area contributed by atoms with Crippen LogP contribution in [0.5, 0.6) is 11.5 Å². The molecule has 2 aromatic carbocycles. The summed E-state index contributed by atoms with van der Waals surface area (Å²) < 4.78 is 16.1. The zero-order chi connectivity index (χ0) is 18.1. The van der Waals surface area contributed by atoms with Crippen LogP contribution in [0.1, 0.15) is 5.69 Å². The molecule has 26 heavy (non-hydrogen) atoms. The van der Waals surface area contributed by atoms with Crippen molar-refractivity contribution in [2.75, 3.05) is 14.2 Å². The fourth-order valence-corrected chi connectivity index (χ4v) is 2.87. The van der Waals surface area contributed by atoms with Crippen molar-refractivity contribution in [3.05, 3.63) is 54.2 Å².